The lowest BCUT2D eigenvalue weighted by Gasteiger charge is -2.26. The highest BCUT2D eigenvalue weighted by molar-refractivity contribution is 5.85. The van der Waals surface area contributed by atoms with Crippen LogP contribution in [0.3, 0.4) is 0 Å². The molecule has 1 aromatic carbocycles. The molecule has 3 atom stereocenters. The Labute approximate surface area is 113 Å². The maximum atomic E-state index is 12.1. The molecule has 3 N–H and O–H groups in total. The van der Waals surface area contributed by atoms with Crippen LogP contribution in [0.25, 0.3) is 0 Å². The number of benzene rings is 1. The van der Waals surface area contributed by atoms with Crippen LogP contribution in [0.5, 0.6) is 0 Å². The van der Waals surface area contributed by atoms with Crippen molar-refractivity contribution in [1.29, 1.82) is 0 Å². The number of rotatable bonds is 4. The van der Waals surface area contributed by atoms with E-state index in [0.29, 0.717) is 12.8 Å². The molecule has 1 aromatic rings. The van der Waals surface area contributed by atoms with Gasteiger partial charge in [-0.25, -0.2) is 0 Å². The number of fused-ring (bicyclic) bond motifs is 1. The minimum atomic E-state index is -1.38. The summed E-state index contributed by atoms with van der Waals surface area (Å²) in [5.41, 5.74) is 0.609. The number of carbonyl (C=O) groups excluding carboxylic acids is 1. The molecule has 1 amide bonds. The number of carbonyl (C=O) groups is 1. The molecule has 4 heteroatoms. The molecule has 19 heavy (non-hydrogen) atoms. The van der Waals surface area contributed by atoms with Gasteiger partial charge in [-0.3, -0.25) is 4.79 Å². The second kappa shape index (κ2) is 5.31. The Morgan fingerprint density at radius 2 is 2.16 bits per heavy atom. The third-order valence-corrected chi connectivity index (χ3v) is 3.72. The number of aliphatic hydroxyl groups is 2. The van der Waals surface area contributed by atoms with Gasteiger partial charge in [0.1, 0.15) is 5.60 Å². The van der Waals surface area contributed by atoms with Gasteiger partial charge in [0, 0.05) is 6.42 Å². The molecule has 0 spiro atoms. The van der Waals surface area contributed by atoms with Crippen LogP contribution in [0.2, 0.25) is 0 Å². The first-order chi connectivity index (χ1) is 8.95. The number of aliphatic hydroxyl groups excluding tert-OH is 1. The average molecular weight is 263 g/mol. The van der Waals surface area contributed by atoms with Gasteiger partial charge in [-0.2, -0.15) is 0 Å². The van der Waals surface area contributed by atoms with E-state index in [1.54, 1.807) is 0 Å². The van der Waals surface area contributed by atoms with E-state index in [-0.39, 0.29) is 0 Å². The van der Waals surface area contributed by atoms with Crippen LogP contribution in [0.4, 0.5) is 0 Å². The number of hydrogen-bond acceptors (Lipinski definition) is 3. The molecule has 104 valence electrons. The first kappa shape index (κ1) is 14.0. The van der Waals surface area contributed by atoms with E-state index in [1.165, 1.54) is 6.92 Å². The van der Waals surface area contributed by atoms with Crippen LogP contribution in [0, 0.1) is 0 Å². The maximum Gasteiger partial charge on any atom is 0.252 e. The topological polar surface area (TPSA) is 69.6 Å². The standard InChI is InChI=1S/C15H21NO3/c1-3-8-15(2,19)14(18)16-13-11-7-5-4-6-10(11)9-12(13)17/h4-7,12-13,17,19H,3,8-9H2,1-2H3,(H,16,18). The van der Waals surface area contributed by atoms with E-state index in [4.69, 9.17) is 0 Å². The fraction of sp³-hybridized carbons (Fsp3) is 0.533. The quantitative estimate of drug-likeness (QED) is 0.767. The molecule has 2 rings (SSSR count). The number of hydrogen-bond donors (Lipinski definition) is 3. The smallest absolute Gasteiger partial charge is 0.252 e. The summed E-state index contributed by atoms with van der Waals surface area (Å²) < 4.78 is 0. The average Bonchev–Trinajstić information content (AvgIpc) is 2.66. The molecule has 3 unspecified atom stereocenters. The van der Waals surface area contributed by atoms with E-state index < -0.39 is 23.7 Å². The lowest BCUT2D eigenvalue weighted by atomic mass is 9.98. The van der Waals surface area contributed by atoms with Crippen LogP contribution in [-0.2, 0) is 11.2 Å². The summed E-state index contributed by atoms with van der Waals surface area (Å²) in [6, 6.07) is 7.25. The van der Waals surface area contributed by atoms with Gasteiger partial charge in [-0.15, -0.1) is 0 Å². The Morgan fingerprint density at radius 3 is 2.84 bits per heavy atom. The van der Waals surface area contributed by atoms with Gasteiger partial charge in [0.2, 0.25) is 0 Å². The zero-order chi connectivity index (χ0) is 14.0. The summed E-state index contributed by atoms with van der Waals surface area (Å²) in [6.45, 7) is 3.43. The summed E-state index contributed by atoms with van der Waals surface area (Å²) in [7, 11) is 0. The van der Waals surface area contributed by atoms with Crippen molar-refractivity contribution < 1.29 is 15.0 Å². The molecule has 0 aliphatic heterocycles. The molecule has 1 aliphatic rings. The van der Waals surface area contributed by atoms with Crippen LogP contribution in [0.15, 0.2) is 24.3 Å². The summed E-state index contributed by atoms with van der Waals surface area (Å²) >= 11 is 0. The maximum absolute atomic E-state index is 12.1. The van der Waals surface area contributed by atoms with Gasteiger partial charge >= 0.3 is 0 Å². The second-order valence-electron chi connectivity index (χ2n) is 5.45. The van der Waals surface area contributed by atoms with E-state index in [9.17, 15) is 15.0 Å². The molecule has 1 aliphatic carbocycles. The molecule has 0 bridgehead atoms. The minimum absolute atomic E-state index is 0.406. The van der Waals surface area contributed by atoms with Gasteiger partial charge in [0.25, 0.3) is 5.91 Å². The van der Waals surface area contributed by atoms with Crippen LogP contribution in [0.1, 0.15) is 43.9 Å². The summed E-state index contributed by atoms with van der Waals surface area (Å²) in [6.07, 6.45) is 1.05. The van der Waals surface area contributed by atoms with Crippen molar-refractivity contribution >= 4 is 5.91 Å². The Balaban J connectivity index is 2.14. The fourth-order valence-electron chi connectivity index (χ4n) is 2.64. The predicted molar refractivity (Wildman–Crippen MR) is 72.6 cm³/mol. The predicted octanol–water partition coefficient (Wildman–Crippen LogP) is 1.31. The van der Waals surface area contributed by atoms with E-state index >= 15 is 0 Å². The molecule has 0 saturated carbocycles. The molecular weight excluding hydrogens is 242 g/mol. The molecule has 0 heterocycles. The van der Waals surface area contributed by atoms with Gasteiger partial charge in [0.05, 0.1) is 12.1 Å². The Kier molecular flexibility index (Phi) is 3.92. The largest absolute Gasteiger partial charge is 0.390 e. The molecule has 4 nitrogen and oxygen atoms in total. The molecule has 0 saturated heterocycles. The summed E-state index contributed by atoms with van der Waals surface area (Å²) in [5, 5.41) is 22.9. The molecule has 0 radical (unpaired) electrons. The van der Waals surface area contributed by atoms with E-state index in [2.05, 4.69) is 5.32 Å². The molecular formula is C15H21NO3. The Hall–Kier alpha value is -1.39. The zero-order valence-corrected chi connectivity index (χ0v) is 11.4. The number of nitrogens with one attached hydrogen (secondary N) is 1. The van der Waals surface area contributed by atoms with Crippen molar-refractivity contribution in [1.82, 2.24) is 5.32 Å². The van der Waals surface area contributed by atoms with E-state index in [0.717, 1.165) is 17.5 Å². The summed E-state index contributed by atoms with van der Waals surface area (Å²) in [5.74, 6) is -0.421. The van der Waals surface area contributed by atoms with Crippen molar-refractivity contribution in [2.75, 3.05) is 0 Å². The van der Waals surface area contributed by atoms with Gasteiger partial charge in [-0.05, 0) is 24.5 Å². The van der Waals surface area contributed by atoms with Crippen LogP contribution >= 0.6 is 0 Å². The first-order valence-corrected chi connectivity index (χ1v) is 6.75. The SMILES string of the molecule is CCCC(C)(O)C(=O)NC1c2ccccc2CC1O. The molecule has 0 fully saturated rings. The highest BCUT2D eigenvalue weighted by Gasteiger charge is 2.36. The third kappa shape index (κ3) is 2.80. The normalized spacial score (nSPS) is 24.6. The highest BCUT2D eigenvalue weighted by Crippen LogP contribution is 2.31. The lowest BCUT2D eigenvalue weighted by Crippen LogP contribution is -2.47. The van der Waals surface area contributed by atoms with Crippen molar-refractivity contribution in [3.05, 3.63) is 35.4 Å². The minimum Gasteiger partial charge on any atom is -0.390 e. The summed E-state index contributed by atoms with van der Waals surface area (Å²) in [4.78, 5) is 12.1. The van der Waals surface area contributed by atoms with Gasteiger partial charge in [0.15, 0.2) is 0 Å². The van der Waals surface area contributed by atoms with Crippen molar-refractivity contribution in [3.63, 3.8) is 0 Å². The van der Waals surface area contributed by atoms with Crippen LogP contribution in [-0.4, -0.2) is 27.8 Å². The highest BCUT2D eigenvalue weighted by atomic mass is 16.3. The monoisotopic (exact) mass is 263 g/mol. The van der Waals surface area contributed by atoms with Crippen molar-refractivity contribution in [2.45, 2.75) is 50.9 Å². The van der Waals surface area contributed by atoms with Gasteiger partial charge < -0.3 is 15.5 Å². The Bertz CT molecular complexity index is 470. The van der Waals surface area contributed by atoms with Gasteiger partial charge in [-0.1, -0.05) is 37.6 Å². The first-order valence-electron chi connectivity index (χ1n) is 6.75. The van der Waals surface area contributed by atoms with E-state index in [1.807, 2.05) is 31.2 Å². The number of amides is 1. The second-order valence-corrected chi connectivity index (χ2v) is 5.45. The van der Waals surface area contributed by atoms with Crippen molar-refractivity contribution in [2.24, 2.45) is 0 Å². The fourth-order valence-corrected chi connectivity index (χ4v) is 2.64. The third-order valence-electron chi connectivity index (χ3n) is 3.72. The van der Waals surface area contributed by atoms with Crippen LogP contribution < -0.4 is 5.32 Å². The lowest BCUT2D eigenvalue weighted by molar-refractivity contribution is -0.140. The Morgan fingerprint density at radius 1 is 1.47 bits per heavy atom. The van der Waals surface area contributed by atoms with Crippen molar-refractivity contribution in [3.8, 4) is 0 Å². The zero-order valence-electron chi connectivity index (χ0n) is 11.4. The molecule has 0 aromatic heterocycles.